The standard InChI is InChI=1S/C19H16N2O4S/c1-12-4-6-15-17(9-12)25-19(21-15)26-11-14-5-7-16(24-14)18(22)20-10-13-3-2-8-23-13/h2-9H,10-11H2,1H3,(H,20,22). The summed E-state index contributed by atoms with van der Waals surface area (Å²) in [5, 5.41) is 3.32. The Morgan fingerprint density at radius 1 is 1.15 bits per heavy atom. The highest BCUT2D eigenvalue weighted by Crippen LogP contribution is 2.27. The van der Waals surface area contributed by atoms with E-state index in [2.05, 4.69) is 10.3 Å². The van der Waals surface area contributed by atoms with Gasteiger partial charge in [-0.25, -0.2) is 4.98 Å². The number of aromatic nitrogens is 1. The third kappa shape index (κ3) is 3.67. The van der Waals surface area contributed by atoms with Crippen molar-refractivity contribution in [2.24, 2.45) is 0 Å². The van der Waals surface area contributed by atoms with Crippen LogP contribution in [0.15, 0.2) is 67.2 Å². The number of rotatable bonds is 6. The molecule has 0 aliphatic rings. The molecule has 0 spiro atoms. The number of nitrogens with zero attached hydrogens (tertiary/aromatic N) is 1. The lowest BCUT2D eigenvalue weighted by molar-refractivity contribution is 0.0919. The van der Waals surface area contributed by atoms with Crippen LogP contribution in [0.25, 0.3) is 11.1 Å². The van der Waals surface area contributed by atoms with Gasteiger partial charge in [-0.15, -0.1) is 0 Å². The van der Waals surface area contributed by atoms with Crippen LogP contribution in [-0.2, 0) is 12.3 Å². The number of amides is 1. The third-order valence-corrected chi connectivity index (χ3v) is 4.60. The van der Waals surface area contributed by atoms with Crippen LogP contribution < -0.4 is 5.32 Å². The van der Waals surface area contributed by atoms with Crippen molar-refractivity contribution in [2.75, 3.05) is 0 Å². The van der Waals surface area contributed by atoms with Gasteiger partial charge in [0.1, 0.15) is 17.0 Å². The summed E-state index contributed by atoms with van der Waals surface area (Å²) in [5.41, 5.74) is 2.72. The number of nitrogens with one attached hydrogen (secondary N) is 1. The molecule has 4 aromatic rings. The molecule has 0 saturated carbocycles. The zero-order valence-electron chi connectivity index (χ0n) is 14.0. The predicted octanol–water partition coefficient (Wildman–Crippen LogP) is 4.54. The van der Waals surface area contributed by atoms with Crippen molar-refractivity contribution >= 4 is 28.8 Å². The van der Waals surface area contributed by atoms with Crippen molar-refractivity contribution < 1.29 is 18.0 Å². The molecule has 3 aromatic heterocycles. The molecule has 1 amide bonds. The smallest absolute Gasteiger partial charge is 0.287 e. The highest BCUT2D eigenvalue weighted by Gasteiger charge is 2.13. The van der Waals surface area contributed by atoms with Crippen LogP contribution in [0, 0.1) is 6.92 Å². The normalized spacial score (nSPS) is 11.1. The molecule has 0 radical (unpaired) electrons. The van der Waals surface area contributed by atoms with E-state index in [-0.39, 0.29) is 11.7 Å². The minimum Gasteiger partial charge on any atom is -0.467 e. The number of fused-ring (bicyclic) bond motifs is 1. The topological polar surface area (TPSA) is 81.4 Å². The quantitative estimate of drug-likeness (QED) is 0.503. The molecule has 26 heavy (non-hydrogen) atoms. The first-order valence-corrected chi connectivity index (χ1v) is 9.05. The van der Waals surface area contributed by atoms with Crippen molar-refractivity contribution in [1.82, 2.24) is 10.3 Å². The zero-order valence-corrected chi connectivity index (χ0v) is 14.8. The molecule has 0 atom stereocenters. The van der Waals surface area contributed by atoms with Crippen LogP contribution in [0.2, 0.25) is 0 Å². The van der Waals surface area contributed by atoms with Crippen molar-refractivity contribution in [3.05, 3.63) is 71.6 Å². The fraction of sp³-hybridized carbons (Fsp3) is 0.158. The average Bonchev–Trinajstić information content (AvgIpc) is 3.37. The van der Waals surface area contributed by atoms with E-state index >= 15 is 0 Å². The van der Waals surface area contributed by atoms with Gasteiger partial charge in [-0.2, -0.15) is 0 Å². The molecular formula is C19H16N2O4S. The summed E-state index contributed by atoms with van der Waals surface area (Å²) in [5.74, 6) is 1.87. The van der Waals surface area contributed by atoms with Crippen molar-refractivity contribution in [3.63, 3.8) is 0 Å². The molecule has 132 valence electrons. The molecule has 4 rings (SSSR count). The van der Waals surface area contributed by atoms with E-state index in [1.807, 2.05) is 25.1 Å². The summed E-state index contributed by atoms with van der Waals surface area (Å²) in [7, 11) is 0. The van der Waals surface area contributed by atoms with E-state index in [0.29, 0.717) is 29.0 Å². The second-order valence-corrected chi connectivity index (χ2v) is 6.69. The molecule has 0 aliphatic carbocycles. The molecule has 0 saturated heterocycles. The molecule has 0 fully saturated rings. The van der Waals surface area contributed by atoms with E-state index in [1.165, 1.54) is 11.8 Å². The molecule has 6 nitrogen and oxygen atoms in total. The molecule has 0 unspecified atom stereocenters. The average molecular weight is 368 g/mol. The lowest BCUT2D eigenvalue weighted by Gasteiger charge is -2.00. The molecule has 1 N–H and O–H groups in total. The van der Waals surface area contributed by atoms with Gasteiger partial charge in [-0.1, -0.05) is 17.8 Å². The second-order valence-electron chi connectivity index (χ2n) is 5.77. The first-order valence-electron chi connectivity index (χ1n) is 8.07. The van der Waals surface area contributed by atoms with Crippen LogP contribution in [0.5, 0.6) is 0 Å². The minimum absolute atomic E-state index is 0.264. The van der Waals surface area contributed by atoms with Crippen LogP contribution in [-0.4, -0.2) is 10.9 Å². The van der Waals surface area contributed by atoms with Crippen molar-refractivity contribution in [1.29, 1.82) is 0 Å². The SMILES string of the molecule is Cc1ccc2nc(SCc3ccc(C(=O)NCc4ccco4)o3)oc2c1. The monoisotopic (exact) mass is 368 g/mol. The molecule has 7 heteroatoms. The summed E-state index contributed by atoms with van der Waals surface area (Å²) in [6, 6.07) is 12.9. The fourth-order valence-corrected chi connectivity index (χ4v) is 3.18. The molecule has 0 bridgehead atoms. The molecule has 0 aliphatic heterocycles. The maximum Gasteiger partial charge on any atom is 0.287 e. The Hall–Kier alpha value is -2.93. The number of carbonyl (C=O) groups is 1. The van der Waals surface area contributed by atoms with Crippen LogP contribution in [0.3, 0.4) is 0 Å². The minimum atomic E-state index is -0.282. The number of benzene rings is 1. The van der Waals surface area contributed by atoms with E-state index in [9.17, 15) is 4.79 Å². The Balaban J connectivity index is 1.35. The predicted molar refractivity (Wildman–Crippen MR) is 96.9 cm³/mol. The highest BCUT2D eigenvalue weighted by molar-refractivity contribution is 7.98. The maximum atomic E-state index is 12.1. The number of carbonyl (C=O) groups excluding carboxylic acids is 1. The van der Waals surface area contributed by atoms with Gasteiger partial charge >= 0.3 is 0 Å². The number of aryl methyl sites for hydroxylation is 1. The number of oxazole rings is 1. The maximum absolute atomic E-state index is 12.1. The first-order chi connectivity index (χ1) is 12.7. The van der Waals surface area contributed by atoms with Gasteiger partial charge in [0, 0.05) is 0 Å². The second kappa shape index (κ2) is 7.13. The highest BCUT2D eigenvalue weighted by atomic mass is 32.2. The lowest BCUT2D eigenvalue weighted by atomic mass is 10.2. The van der Waals surface area contributed by atoms with Gasteiger partial charge in [0.2, 0.25) is 0 Å². The van der Waals surface area contributed by atoms with E-state index in [0.717, 1.165) is 16.7 Å². The summed E-state index contributed by atoms with van der Waals surface area (Å²) in [4.78, 5) is 16.5. The van der Waals surface area contributed by atoms with Gasteiger partial charge in [0.05, 0.1) is 18.6 Å². The Bertz CT molecular complexity index is 1030. The Kier molecular flexibility index (Phi) is 4.53. The number of hydrogen-bond acceptors (Lipinski definition) is 6. The molecule has 3 heterocycles. The largest absolute Gasteiger partial charge is 0.467 e. The summed E-state index contributed by atoms with van der Waals surface area (Å²) in [6.45, 7) is 2.33. The van der Waals surface area contributed by atoms with Crippen LogP contribution in [0.4, 0.5) is 0 Å². The van der Waals surface area contributed by atoms with E-state index in [4.69, 9.17) is 13.3 Å². The number of hydrogen-bond donors (Lipinski definition) is 1. The summed E-state index contributed by atoms with van der Waals surface area (Å²) in [6.07, 6.45) is 1.57. The zero-order chi connectivity index (χ0) is 17.9. The summed E-state index contributed by atoms with van der Waals surface area (Å²) < 4.78 is 16.5. The van der Waals surface area contributed by atoms with Crippen LogP contribution >= 0.6 is 11.8 Å². The van der Waals surface area contributed by atoms with Crippen molar-refractivity contribution in [2.45, 2.75) is 24.4 Å². The Labute approximate surface area is 153 Å². The van der Waals surface area contributed by atoms with E-state index in [1.54, 1.807) is 30.5 Å². The Morgan fingerprint density at radius 2 is 2.08 bits per heavy atom. The van der Waals surface area contributed by atoms with E-state index < -0.39 is 0 Å². The first kappa shape index (κ1) is 16.5. The van der Waals surface area contributed by atoms with Crippen molar-refractivity contribution in [3.8, 4) is 0 Å². The number of furan rings is 2. The van der Waals surface area contributed by atoms with Gasteiger partial charge < -0.3 is 18.6 Å². The van der Waals surface area contributed by atoms with Gasteiger partial charge in [-0.05, 0) is 48.9 Å². The molecular weight excluding hydrogens is 352 g/mol. The Morgan fingerprint density at radius 3 is 2.92 bits per heavy atom. The van der Waals surface area contributed by atoms with Gasteiger partial charge in [0.25, 0.3) is 11.1 Å². The fourth-order valence-electron chi connectivity index (χ4n) is 2.45. The lowest BCUT2D eigenvalue weighted by Crippen LogP contribution is -2.21. The van der Waals surface area contributed by atoms with Gasteiger partial charge in [-0.3, -0.25) is 4.79 Å². The summed E-state index contributed by atoms with van der Waals surface area (Å²) >= 11 is 1.42. The number of thioether (sulfide) groups is 1. The van der Waals surface area contributed by atoms with Crippen LogP contribution in [0.1, 0.15) is 27.6 Å². The van der Waals surface area contributed by atoms with Gasteiger partial charge in [0.15, 0.2) is 11.3 Å². The molecule has 1 aromatic carbocycles. The third-order valence-electron chi connectivity index (χ3n) is 3.75.